The smallest absolute Gasteiger partial charge is 0.0344 e. The molecule has 94 valence electrons. The van der Waals surface area contributed by atoms with Crippen molar-refractivity contribution in [2.24, 2.45) is 0 Å². The van der Waals surface area contributed by atoms with Gasteiger partial charge in [-0.15, -0.1) is 0 Å². The lowest BCUT2D eigenvalue weighted by molar-refractivity contribution is 1.44. The van der Waals surface area contributed by atoms with E-state index < -0.39 is 0 Å². The molecule has 3 aromatic carbocycles. The van der Waals surface area contributed by atoms with Gasteiger partial charge in [0.25, 0.3) is 0 Å². The number of nitrogens with two attached hydrogens (primary N) is 1. The van der Waals surface area contributed by atoms with Crippen molar-refractivity contribution in [3.8, 4) is 11.1 Å². The van der Waals surface area contributed by atoms with Crippen LogP contribution < -0.4 is 5.73 Å². The van der Waals surface area contributed by atoms with Gasteiger partial charge in [-0.2, -0.15) is 0 Å². The van der Waals surface area contributed by atoms with Crippen LogP contribution in [-0.4, -0.2) is 0 Å². The molecule has 1 heteroatoms. The molecule has 2 N–H and O–H groups in total. The highest BCUT2D eigenvalue weighted by Crippen LogP contribution is 2.33. The summed E-state index contributed by atoms with van der Waals surface area (Å²) in [7, 11) is 0. The van der Waals surface area contributed by atoms with E-state index in [4.69, 9.17) is 5.73 Å². The Bertz CT molecular complexity index is 757. The highest BCUT2D eigenvalue weighted by Gasteiger charge is 2.08. The minimum Gasteiger partial charge on any atom is -0.399 e. The minimum atomic E-state index is 0.849. The van der Waals surface area contributed by atoms with E-state index in [-0.39, 0.29) is 0 Å². The summed E-state index contributed by atoms with van der Waals surface area (Å²) in [6.45, 7) is 4.22. The summed E-state index contributed by atoms with van der Waals surface area (Å²) in [5.74, 6) is 0. The van der Waals surface area contributed by atoms with Crippen molar-refractivity contribution >= 4 is 16.5 Å². The van der Waals surface area contributed by atoms with Gasteiger partial charge in [0.1, 0.15) is 0 Å². The zero-order valence-corrected chi connectivity index (χ0v) is 11.3. The number of benzene rings is 3. The SMILES string of the molecule is Cc1cc(-c2c(C)ccc3ccccc23)ccc1N. The highest BCUT2D eigenvalue weighted by atomic mass is 14.5. The molecule has 0 aliphatic rings. The van der Waals surface area contributed by atoms with Crippen molar-refractivity contribution in [2.45, 2.75) is 13.8 Å². The molecule has 3 rings (SSSR count). The van der Waals surface area contributed by atoms with Crippen LogP contribution in [0.1, 0.15) is 11.1 Å². The summed E-state index contributed by atoms with van der Waals surface area (Å²) in [6, 6.07) is 19.1. The van der Waals surface area contributed by atoms with Crippen molar-refractivity contribution < 1.29 is 0 Å². The van der Waals surface area contributed by atoms with E-state index in [1.807, 2.05) is 6.07 Å². The van der Waals surface area contributed by atoms with Crippen LogP contribution in [0.4, 0.5) is 5.69 Å². The minimum absolute atomic E-state index is 0.849. The molecule has 0 spiro atoms. The zero-order chi connectivity index (χ0) is 13.4. The number of fused-ring (bicyclic) bond motifs is 1. The fourth-order valence-electron chi connectivity index (χ4n) is 2.59. The van der Waals surface area contributed by atoms with Gasteiger partial charge >= 0.3 is 0 Å². The number of nitrogen functional groups attached to an aromatic ring is 1. The highest BCUT2D eigenvalue weighted by molar-refractivity contribution is 5.98. The van der Waals surface area contributed by atoms with Crippen molar-refractivity contribution in [2.75, 3.05) is 5.73 Å². The van der Waals surface area contributed by atoms with E-state index in [1.165, 1.54) is 27.5 Å². The number of rotatable bonds is 1. The van der Waals surface area contributed by atoms with Crippen LogP contribution in [0, 0.1) is 13.8 Å². The van der Waals surface area contributed by atoms with Crippen LogP contribution in [0.5, 0.6) is 0 Å². The second kappa shape index (κ2) is 4.43. The van der Waals surface area contributed by atoms with Crippen LogP contribution >= 0.6 is 0 Å². The first kappa shape index (κ1) is 11.8. The van der Waals surface area contributed by atoms with Gasteiger partial charge in [0.2, 0.25) is 0 Å². The van der Waals surface area contributed by atoms with Gasteiger partial charge in [0.15, 0.2) is 0 Å². The first-order valence-electron chi connectivity index (χ1n) is 6.51. The molecule has 0 aliphatic carbocycles. The normalized spacial score (nSPS) is 10.8. The Kier molecular flexibility index (Phi) is 2.75. The standard InChI is InChI=1S/C18H17N/c1-12-7-8-14-5-3-4-6-16(14)18(12)15-9-10-17(19)13(2)11-15/h3-11H,19H2,1-2H3. The van der Waals surface area contributed by atoms with Crippen LogP contribution in [-0.2, 0) is 0 Å². The number of hydrogen-bond acceptors (Lipinski definition) is 1. The molecule has 0 fully saturated rings. The summed E-state index contributed by atoms with van der Waals surface area (Å²) < 4.78 is 0. The van der Waals surface area contributed by atoms with E-state index in [2.05, 4.69) is 62.4 Å². The van der Waals surface area contributed by atoms with Crippen molar-refractivity contribution in [3.63, 3.8) is 0 Å². The summed E-state index contributed by atoms with van der Waals surface area (Å²) in [5.41, 5.74) is 11.7. The second-order valence-corrected chi connectivity index (χ2v) is 5.05. The van der Waals surface area contributed by atoms with Gasteiger partial charge in [0, 0.05) is 5.69 Å². The van der Waals surface area contributed by atoms with E-state index in [1.54, 1.807) is 0 Å². The van der Waals surface area contributed by atoms with E-state index >= 15 is 0 Å². The molecule has 0 bridgehead atoms. The first-order chi connectivity index (χ1) is 9.16. The number of hydrogen-bond donors (Lipinski definition) is 1. The van der Waals surface area contributed by atoms with E-state index in [9.17, 15) is 0 Å². The van der Waals surface area contributed by atoms with Crippen LogP contribution in [0.15, 0.2) is 54.6 Å². The monoisotopic (exact) mass is 247 g/mol. The number of anilines is 1. The molecule has 3 aromatic rings. The summed E-state index contributed by atoms with van der Waals surface area (Å²) >= 11 is 0. The summed E-state index contributed by atoms with van der Waals surface area (Å²) in [6.07, 6.45) is 0. The van der Waals surface area contributed by atoms with Crippen LogP contribution in [0.25, 0.3) is 21.9 Å². The molecular formula is C18H17N. The lowest BCUT2D eigenvalue weighted by Crippen LogP contribution is -1.91. The summed E-state index contributed by atoms with van der Waals surface area (Å²) in [4.78, 5) is 0. The van der Waals surface area contributed by atoms with Gasteiger partial charge in [-0.25, -0.2) is 0 Å². The van der Waals surface area contributed by atoms with Crippen LogP contribution in [0.2, 0.25) is 0 Å². The third-order valence-corrected chi connectivity index (χ3v) is 3.70. The zero-order valence-electron chi connectivity index (χ0n) is 11.3. The Labute approximate surface area is 113 Å². The molecule has 0 amide bonds. The molecule has 0 saturated heterocycles. The molecule has 0 radical (unpaired) electrons. The summed E-state index contributed by atoms with van der Waals surface area (Å²) in [5, 5.41) is 2.57. The molecule has 19 heavy (non-hydrogen) atoms. The number of aryl methyl sites for hydroxylation is 2. The fraction of sp³-hybridized carbons (Fsp3) is 0.111. The molecule has 0 heterocycles. The van der Waals surface area contributed by atoms with Gasteiger partial charge in [0.05, 0.1) is 0 Å². The average molecular weight is 247 g/mol. The first-order valence-corrected chi connectivity index (χ1v) is 6.51. The van der Waals surface area contributed by atoms with Crippen molar-refractivity contribution in [1.82, 2.24) is 0 Å². The van der Waals surface area contributed by atoms with Crippen molar-refractivity contribution in [3.05, 3.63) is 65.7 Å². The maximum Gasteiger partial charge on any atom is 0.0344 e. The Hall–Kier alpha value is -2.28. The Morgan fingerprint density at radius 2 is 1.58 bits per heavy atom. The third-order valence-electron chi connectivity index (χ3n) is 3.70. The maximum absolute atomic E-state index is 5.92. The predicted molar refractivity (Wildman–Crippen MR) is 83.3 cm³/mol. The molecule has 0 unspecified atom stereocenters. The Morgan fingerprint density at radius 3 is 2.37 bits per heavy atom. The van der Waals surface area contributed by atoms with Crippen LogP contribution in [0.3, 0.4) is 0 Å². The average Bonchev–Trinajstić information content (AvgIpc) is 2.42. The molecular weight excluding hydrogens is 230 g/mol. The molecule has 0 aliphatic heterocycles. The fourth-order valence-corrected chi connectivity index (χ4v) is 2.59. The molecule has 0 aromatic heterocycles. The predicted octanol–water partition coefficient (Wildman–Crippen LogP) is 4.71. The lowest BCUT2D eigenvalue weighted by Gasteiger charge is -2.12. The van der Waals surface area contributed by atoms with Gasteiger partial charge in [-0.05, 0) is 59.0 Å². The Balaban J connectivity index is 2.34. The van der Waals surface area contributed by atoms with E-state index in [0.717, 1.165) is 11.3 Å². The topological polar surface area (TPSA) is 26.0 Å². The quantitative estimate of drug-likeness (QED) is 0.619. The maximum atomic E-state index is 5.92. The van der Waals surface area contributed by atoms with Crippen molar-refractivity contribution in [1.29, 1.82) is 0 Å². The largest absolute Gasteiger partial charge is 0.399 e. The van der Waals surface area contributed by atoms with Gasteiger partial charge in [-0.1, -0.05) is 42.5 Å². The molecule has 0 saturated carbocycles. The molecule has 1 nitrogen and oxygen atoms in total. The Morgan fingerprint density at radius 1 is 0.789 bits per heavy atom. The molecule has 0 atom stereocenters. The van der Waals surface area contributed by atoms with E-state index in [0.29, 0.717) is 0 Å². The third kappa shape index (κ3) is 1.97. The van der Waals surface area contributed by atoms with Gasteiger partial charge < -0.3 is 5.73 Å². The van der Waals surface area contributed by atoms with Gasteiger partial charge in [-0.3, -0.25) is 0 Å². The second-order valence-electron chi connectivity index (χ2n) is 5.05. The lowest BCUT2D eigenvalue weighted by atomic mass is 9.93.